The maximum atomic E-state index is 8.32. The molecule has 2 N–H and O–H groups in total. The van der Waals surface area contributed by atoms with Crippen LogP contribution in [-0.2, 0) is 0 Å². The van der Waals surface area contributed by atoms with Gasteiger partial charge >= 0.3 is 0 Å². The maximum Gasteiger partial charge on any atom is 0.0659 e. The van der Waals surface area contributed by atoms with Crippen molar-refractivity contribution in [2.75, 3.05) is 13.2 Å². The van der Waals surface area contributed by atoms with E-state index < -0.39 is 0 Å². The average molecular weight is 118 g/mol. The van der Waals surface area contributed by atoms with E-state index in [0.29, 0.717) is 0 Å². The Kier molecular flexibility index (Phi) is 3.98. The molecule has 42 valence electrons. The van der Waals surface area contributed by atoms with E-state index in [1.807, 2.05) is 5.70 Å². The van der Waals surface area contributed by atoms with Gasteiger partial charge in [0.05, 0.1) is 13.2 Å². The zero-order chi connectivity index (χ0) is 5.70. The third kappa shape index (κ3) is 2.56. The molecule has 0 heterocycles. The van der Waals surface area contributed by atoms with Crippen molar-refractivity contribution in [3.8, 4) is 0 Å². The highest BCUT2D eigenvalue weighted by Gasteiger charge is 1.84. The first-order chi connectivity index (χ1) is 3.35. The molecular weight excluding hydrogens is 108 g/mol. The van der Waals surface area contributed by atoms with Gasteiger partial charge in [-0.3, -0.25) is 0 Å². The lowest BCUT2D eigenvalue weighted by Gasteiger charge is -1.92. The summed E-state index contributed by atoms with van der Waals surface area (Å²) >= 11 is 0. The minimum absolute atomic E-state index is 0. The van der Waals surface area contributed by atoms with E-state index in [-0.39, 0.29) is 13.2 Å². The zero-order valence-electron chi connectivity index (χ0n) is 4.39. The lowest BCUT2D eigenvalue weighted by atomic mass is 10.4. The monoisotopic (exact) mass is 118 g/mol. The van der Waals surface area contributed by atoms with Gasteiger partial charge in [0.2, 0.25) is 0 Å². The number of hydrogen-bond acceptors (Lipinski definition) is 2. The molecule has 0 radical (unpaired) electrons. The highest BCUT2D eigenvalue weighted by Crippen LogP contribution is 1.84. The van der Waals surface area contributed by atoms with Crippen LogP contribution in [0.1, 0.15) is 0 Å². The van der Waals surface area contributed by atoms with Gasteiger partial charge in [-0.25, -0.2) is 0 Å². The normalized spacial score (nSPS) is 8.86. The lowest BCUT2D eigenvalue weighted by Crippen LogP contribution is -1.94. The van der Waals surface area contributed by atoms with E-state index >= 15 is 0 Å². The predicted molar refractivity (Wildman–Crippen MR) is 32.2 cm³/mol. The summed E-state index contributed by atoms with van der Waals surface area (Å²) in [6.45, 7) is 0. The van der Waals surface area contributed by atoms with Gasteiger partial charge in [0.1, 0.15) is 0 Å². The summed E-state index contributed by atoms with van der Waals surface area (Å²) in [6.07, 6.45) is 0. The molecule has 0 amide bonds. The Morgan fingerprint density at radius 1 is 1.43 bits per heavy atom. The molecule has 0 unspecified atom stereocenters. The van der Waals surface area contributed by atoms with E-state index in [1.54, 1.807) is 0 Å². The van der Waals surface area contributed by atoms with Crippen LogP contribution in [-0.4, -0.2) is 33.7 Å². The number of hydrogen-bond donors (Lipinski definition) is 2. The molecule has 0 aromatic heterocycles. The Morgan fingerprint density at radius 3 is 1.86 bits per heavy atom. The van der Waals surface area contributed by atoms with Crippen molar-refractivity contribution in [1.82, 2.24) is 0 Å². The lowest BCUT2D eigenvalue weighted by molar-refractivity contribution is 0.277. The average Bonchev–Trinajstić information content (AvgIpc) is 1.72. The molecule has 0 aromatic carbocycles. The number of aliphatic hydroxyl groups excluding tert-OH is 2. The molecule has 0 spiro atoms. The maximum absolute atomic E-state index is 8.32. The van der Waals surface area contributed by atoms with Gasteiger partial charge in [-0.2, -0.15) is 0 Å². The molecule has 0 aliphatic rings. The Bertz CT molecular complexity index is 64.1. The summed E-state index contributed by atoms with van der Waals surface area (Å²) < 4.78 is 0. The molecule has 0 atom stereocenters. The van der Waals surface area contributed by atoms with Gasteiger partial charge in [0.25, 0.3) is 0 Å². The largest absolute Gasteiger partial charge is 0.392 e. The van der Waals surface area contributed by atoms with Crippen molar-refractivity contribution in [3.05, 3.63) is 11.3 Å². The molecule has 0 aliphatic carbocycles. The third-order valence-electron chi connectivity index (χ3n) is 0.814. The van der Waals surface area contributed by atoms with Crippen LogP contribution in [0.25, 0.3) is 0 Å². The second kappa shape index (κ2) is 4.05. The van der Waals surface area contributed by atoms with Crippen LogP contribution >= 0.6 is 0 Å². The van der Waals surface area contributed by atoms with E-state index in [1.165, 1.54) is 0 Å². The Morgan fingerprint density at radius 2 is 1.86 bits per heavy atom. The van der Waals surface area contributed by atoms with Gasteiger partial charge in [-0.15, -0.1) is 5.70 Å². The van der Waals surface area contributed by atoms with Crippen LogP contribution in [0, 0.1) is 0 Å². The molecule has 0 saturated heterocycles. The third-order valence-corrected chi connectivity index (χ3v) is 1.63. The predicted octanol–water partition coefficient (Wildman–Crippen LogP) is -1.78. The first-order valence-electron chi connectivity index (χ1n) is 2.21. The quantitative estimate of drug-likeness (QED) is 0.421. The molecule has 0 aromatic rings. The summed E-state index contributed by atoms with van der Waals surface area (Å²) in [7, 11) is 0.909. The van der Waals surface area contributed by atoms with E-state index in [9.17, 15) is 0 Å². The zero-order valence-corrected chi connectivity index (χ0v) is 6.39. The second-order valence-corrected chi connectivity index (χ2v) is 1.84. The van der Waals surface area contributed by atoms with Crippen LogP contribution < -0.4 is 0 Å². The molecule has 2 nitrogen and oxygen atoms in total. The summed E-state index contributed by atoms with van der Waals surface area (Å²) in [4.78, 5) is 0. The topological polar surface area (TPSA) is 40.5 Å². The molecule has 0 bridgehead atoms. The van der Waals surface area contributed by atoms with Crippen molar-refractivity contribution in [2.24, 2.45) is 0 Å². The Labute approximate surface area is 45.9 Å². The molecule has 0 aliphatic heterocycles. The first kappa shape index (κ1) is 6.88. The fourth-order valence-electron chi connectivity index (χ4n) is 0.233. The van der Waals surface area contributed by atoms with Gasteiger partial charge in [0, 0.05) is 10.2 Å². The van der Waals surface area contributed by atoms with Crippen molar-refractivity contribution in [3.63, 3.8) is 0 Å². The van der Waals surface area contributed by atoms with Gasteiger partial charge < -0.3 is 10.2 Å². The molecule has 0 rings (SSSR count). The van der Waals surface area contributed by atoms with Crippen LogP contribution in [0.2, 0.25) is 0 Å². The van der Waals surface area contributed by atoms with Crippen molar-refractivity contribution < 1.29 is 10.2 Å². The number of rotatable bonds is 2. The SMILES string of the molecule is OCC(=C[SiH3])CO. The smallest absolute Gasteiger partial charge is 0.0659 e. The Hall–Kier alpha value is -0.123. The van der Waals surface area contributed by atoms with Gasteiger partial charge in [0.15, 0.2) is 0 Å². The van der Waals surface area contributed by atoms with E-state index in [2.05, 4.69) is 0 Å². The van der Waals surface area contributed by atoms with Gasteiger partial charge in [-0.05, 0) is 5.57 Å². The number of aliphatic hydroxyl groups is 2. The van der Waals surface area contributed by atoms with Gasteiger partial charge in [-0.1, -0.05) is 0 Å². The summed E-state index contributed by atoms with van der Waals surface area (Å²) in [5, 5.41) is 16.6. The second-order valence-electron chi connectivity index (χ2n) is 1.26. The summed E-state index contributed by atoms with van der Waals surface area (Å²) in [5.74, 6) is 0. The van der Waals surface area contributed by atoms with Crippen LogP contribution in [0.15, 0.2) is 11.3 Å². The first-order valence-corrected chi connectivity index (χ1v) is 3.36. The fourth-order valence-corrected chi connectivity index (χ4v) is 0.598. The molecule has 7 heavy (non-hydrogen) atoms. The molecule has 0 fully saturated rings. The van der Waals surface area contributed by atoms with Crippen molar-refractivity contribution in [2.45, 2.75) is 0 Å². The van der Waals surface area contributed by atoms with Crippen LogP contribution in [0.5, 0.6) is 0 Å². The summed E-state index contributed by atoms with van der Waals surface area (Å²) in [6, 6.07) is 0. The highest BCUT2D eigenvalue weighted by atomic mass is 28.1. The van der Waals surface area contributed by atoms with Crippen LogP contribution in [0.4, 0.5) is 0 Å². The van der Waals surface area contributed by atoms with E-state index in [4.69, 9.17) is 10.2 Å². The van der Waals surface area contributed by atoms with E-state index in [0.717, 1.165) is 15.8 Å². The fraction of sp³-hybridized carbons (Fsp3) is 0.500. The Balaban J connectivity index is 3.38. The van der Waals surface area contributed by atoms with Crippen molar-refractivity contribution in [1.29, 1.82) is 0 Å². The molecule has 3 heteroatoms. The molecule has 0 saturated carbocycles. The van der Waals surface area contributed by atoms with Crippen LogP contribution in [0.3, 0.4) is 0 Å². The highest BCUT2D eigenvalue weighted by molar-refractivity contribution is 6.17. The molecular formula is C4H10O2Si. The standard InChI is InChI=1S/C4H10O2Si/c5-1-4(2-6)3-7/h3,5-6H,1-2H2,7H3. The minimum atomic E-state index is 0. The minimum Gasteiger partial charge on any atom is -0.392 e. The van der Waals surface area contributed by atoms with Crippen molar-refractivity contribution >= 4 is 10.2 Å². The summed E-state index contributed by atoms with van der Waals surface area (Å²) in [5.41, 5.74) is 2.56.